The Morgan fingerprint density at radius 3 is 2.44 bits per heavy atom. The number of hydrogen-bond donors (Lipinski definition) is 2. The number of rotatable bonds is 6. The lowest BCUT2D eigenvalue weighted by Crippen LogP contribution is -2.50. The van der Waals surface area contributed by atoms with Gasteiger partial charge in [0.25, 0.3) is 11.9 Å². The second-order valence-corrected chi connectivity index (χ2v) is 12.9. The quantitative estimate of drug-likeness (QED) is 0.320. The summed E-state index contributed by atoms with van der Waals surface area (Å²) >= 11 is -0.184. The summed E-state index contributed by atoms with van der Waals surface area (Å²) < 4.78 is 39.2. The number of amides is 3. The van der Waals surface area contributed by atoms with Crippen LogP contribution in [0.1, 0.15) is 62.4 Å². The third kappa shape index (κ3) is 6.50. The van der Waals surface area contributed by atoms with Gasteiger partial charge in [0, 0.05) is 22.7 Å². The topological polar surface area (TPSA) is 107 Å². The standard InChI is InChI=1S/C28H32F3N7O2S/c1-26(2,3)20-11-13-27(14-12-20)17-37(21-5-4-6-22(15-21)41-28(29,30)31)25(40)38(27)16-18-7-9-19(10-8-18)23(39)32-24-33-35-36-34-24/h4-10,15,20H,11-14,16-17H2,1-3H3,(H2,32,33,34,35,36,39). The van der Waals surface area contributed by atoms with Gasteiger partial charge in [-0.15, -0.1) is 5.10 Å². The SMILES string of the molecule is CC(C)(C)C1CCC2(CC1)CN(c1cccc(SC(F)(F)F)c1)C(=O)N2Cc1ccc(C(=O)Nc2nn[nH]n2)cc1. The molecule has 1 aliphatic heterocycles. The summed E-state index contributed by atoms with van der Waals surface area (Å²) in [5, 5.41) is 15.7. The number of benzene rings is 2. The fraction of sp³-hybridized carbons (Fsp3) is 0.464. The van der Waals surface area contributed by atoms with Crippen LogP contribution in [0.15, 0.2) is 53.4 Å². The molecule has 1 spiro atoms. The molecule has 1 saturated carbocycles. The first-order valence-electron chi connectivity index (χ1n) is 13.4. The number of carbonyl (C=O) groups excluding carboxylic acids is 2. The molecule has 0 radical (unpaired) electrons. The molecule has 0 unspecified atom stereocenters. The molecule has 9 nitrogen and oxygen atoms in total. The zero-order chi connectivity index (χ0) is 29.4. The summed E-state index contributed by atoms with van der Waals surface area (Å²) in [5.41, 5.74) is -3.02. The number of alkyl halides is 3. The maximum Gasteiger partial charge on any atom is 0.446 e. The minimum atomic E-state index is -4.42. The molecule has 2 N–H and O–H groups in total. The molecule has 2 aliphatic rings. The van der Waals surface area contributed by atoms with E-state index in [9.17, 15) is 22.8 Å². The van der Waals surface area contributed by atoms with Crippen LogP contribution in [-0.2, 0) is 6.54 Å². The fourth-order valence-corrected chi connectivity index (χ4v) is 6.46. The van der Waals surface area contributed by atoms with Crippen LogP contribution in [0.3, 0.4) is 0 Å². The van der Waals surface area contributed by atoms with Crippen LogP contribution in [0.25, 0.3) is 0 Å². The van der Waals surface area contributed by atoms with Gasteiger partial charge in [-0.05, 0) is 89.9 Å². The smallest absolute Gasteiger partial charge is 0.313 e. The van der Waals surface area contributed by atoms with Gasteiger partial charge >= 0.3 is 11.5 Å². The number of anilines is 2. The van der Waals surface area contributed by atoms with Crippen molar-refractivity contribution in [3.05, 3.63) is 59.7 Å². The van der Waals surface area contributed by atoms with E-state index in [0.717, 1.165) is 31.2 Å². The molecular weight excluding hydrogens is 555 g/mol. The Morgan fingerprint density at radius 2 is 1.83 bits per heavy atom. The van der Waals surface area contributed by atoms with Gasteiger partial charge in [-0.1, -0.05) is 44.1 Å². The third-order valence-corrected chi connectivity index (χ3v) is 8.84. The predicted octanol–water partition coefficient (Wildman–Crippen LogP) is 6.48. The van der Waals surface area contributed by atoms with Crippen LogP contribution in [0, 0.1) is 11.3 Å². The van der Waals surface area contributed by atoms with Crippen molar-refractivity contribution in [3.63, 3.8) is 0 Å². The van der Waals surface area contributed by atoms with Gasteiger partial charge in [0.15, 0.2) is 0 Å². The van der Waals surface area contributed by atoms with E-state index in [1.165, 1.54) is 12.1 Å². The second-order valence-electron chi connectivity index (χ2n) is 11.8. The van der Waals surface area contributed by atoms with Crippen LogP contribution < -0.4 is 10.2 Å². The molecule has 41 heavy (non-hydrogen) atoms. The summed E-state index contributed by atoms with van der Waals surface area (Å²) in [4.78, 5) is 30.0. The van der Waals surface area contributed by atoms with E-state index >= 15 is 0 Å². The molecule has 0 atom stereocenters. The summed E-state index contributed by atoms with van der Waals surface area (Å²) in [6.07, 6.45) is 3.53. The Hall–Kier alpha value is -3.61. The van der Waals surface area contributed by atoms with Crippen LogP contribution >= 0.6 is 11.8 Å². The van der Waals surface area contributed by atoms with Gasteiger partial charge in [-0.25, -0.2) is 4.79 Å². The summed E-state index contributed by atoms with van der Waals surface area (Å²) in [6.45, 7) is 7.44. The number of halogens is 3. The largest absolute Gasteiger partial charge is 0.446 e. The molecule has 2 heterocycles. The van der Waals surface area contributed by atoms with Crippen molar-refractivity contribution in [2.24, 2.45) is 11.3 Å². The van der Waals surface area contributed by atoms with Crippen molar-refractivity contribution in [1.82, 2.24) is 25.5 Å². The summed E-state index contributed by atoms with van der Waals surface area (Å²) in [6, 6.07) is 12.8. The highest BCUT2D eigenvalue weighted by molar-refractivity contribution is 8.00. The van der Waals surface area contributed by atoms with Crippen molar-refractivity contribution in [2.45, 2.75) is 68.9 Å². The van der Waals surface area contributed by atoms with E-state index in [4.69, 9.17) is 0 Å². The number of aromatic nitrogens is 4. The lowest BCUT2D eigenvalue weighted by Gasteiger charge is -2.45. The monoisotopic (exact) mass is 587 g/mol. The average molecular weight is 588 g/mol. The minimum absolute atomic E-state index is 0.0430. The molecule has 1 aromatic heterocycles. The average Bonchev–Trinajstić information content (AvgIpc) is 3.50. The second kappa shape index (κ2) is 11.0. The molecule has 218 valence electrons. The first-order valence-corrected chi connectivity index (χ1v) is 14.2. The molecule has 5 rings (SSSR count). The van der Waals surface area contributed by atoms with Gasteiger partial charge in [0.2, 0.25) is 0 Å². The molecule has 2 aromatic carbocycles. The number of tetrazole rings is 1. The zero-order valence-electron chi connectivity index (χ0n) is 23.0. The van der Waals surface area contributed by atoms with Crippen molar-refractivity contribution < 1.29 is 22.8 Å². The Bertz CT molecular complexity index is 1380. The van der Waals surface area contributed by atoms with Crippen LogP contribution in [0.5, 0.6) is 0 Å². The number of nitrogens with zero attached hydrogens (tertiary/aromatic N) is 5. The van der Waals surface area contributed by atoms with Crippen molar-refractivity contribution in [2.75, 3.05) is 16.8 Å². The number of hydrogen-bond acceptors (Lipinski definition) is 6. The third-order valence-electron chi connectivity index (χ3n) is 8.12. The molecule has 2 fully saturated rings. The first-order chi connectivity index (χ1) is 19.3. The lowest BCUT2D eigenvalue weighted by molar-refractivity contribution is -0.0328. The maximum absolute atomic E-state index is 13.9. The fourth-order valence-electron chi connectivity index (χ4n) is 5.86. The first kappa shape index (κ1) is 28.9. The highest BCUT2D eigenvalue weighted by atomic mass is 32.2. The highest BCUT2D eigenvalue weighted by Crippen LogP contribution is 2.48. The number of urea groups is 1. The van der Waals surface area contributed by atoms with Gasteiger partial charge in [0.05, 0.1) is 12.1 Å². The van der Waals surface area contributed by atoms with Crippen molar-refractivity contribution >= 4 is 35.3 Å². The van der Waals surface area contributed by atoms with E-state index < -0.39 is 17.0 Å². The Kier molecular flexibility index (Phi) is 7.75. The summed E-state index contributed by atoms with van der Waals surface area (Å²) in [7, 11) is 0. The number of H-pyrrole nitrogens is 1. The van der Waals surface area contributed by atoms with Gasteiger partial charge < -0.3 is 4.90 Å². The summed E-state index contributed by atoms with van der Waals surface area (Å²) in [5.74, 6) is 0.185. The van der Waals surface area contributed by atoms with Crippen LogP contribution in [-0.4, -0.2) is 55.1 Å². The van der Waals surface area contributed by atoms with Crippen LogP contribution in [0.2, 0.25) is 0 Å². The van der Waals surface area contributed by atoms with E-state index in [1.54, 1.807) is 41.3 Å². The van der Waals surface area contributed by atoms with Crippen molar-refractivity contribution in [1.29, 1.82) is 0 Å². The van der Waals surface area contributed by atoms with Gasteiger partial charge in [0.1, 0.15) is 0 Å². The molecule has 0 bridgehead atoms. The van der Waals surface area contributed by atoms with E-state index in [1.807, 2.05) is 4.90 Å². The molecule has 1 saturated heterocycles. The predicted molar refractivity (Wildman–Crippen MR) is 149 cm³/mol. The minimum Gasteiger partial charge on any atom is -0.313 e. The van der Waals surface area contributed by atoms with E-state index in [-0.39, 0.29) is 34.1 Å². The number of nitrogens with one attached hydrogen (secondary N) is 2. The van der Waals surface area contributed by atoms with E-state index in [2.05, 4.69) is 46.7 Å². The molecule has 1 aliphatic carbocycles. The number of carbonyl (C=O) groups is 2. The van der Waals surface area contributed by atoms with Crippen molar-refractivity contribution in [3.8, 4) is 0 Å². The van der Waals surface area contributed by atoms with Crippen LogP contribution in [0.4, 0.5) is 29.6 Å². The van der Waals surface area contributed by atoms with Gasteiger partial charge in [-0.3, -0.25) is 15.0 Å². The Labute approximate surface area is 240 Å². The maximum atomic E-state index is 13.9. The lowest BCUT2D eigenvalue weighted by atomic mass is 9.67. The zero-order valence-corrected chi connectivity index (χ0v) is 23.8. The normalized spacial score (nSPS) is 21.5. The Morgan fingerprint density at radius 1 is 1.12 bits per heavy atom. The Balaban J connectivity index is 1.39. The highest BCUT2D eigenvalue weighted by Gasteiger charge is 2.52. The molecule has 3 amide bonds. The molecule has 3 aromatic rings. The van der Waals surface area contributed by atoms with Gasteiger partial charge in [-0.2, -0.15) is 18.4 Å². The molecule has 13 heteroatoms. The van der Waals surface area contributed by atoms with E-state index in [0.29, 0.717) is 30.3 Å². The molecular formula is C28H32F3N7O2S. The number of aromatic amines is 1. The number of thioether (sulfide) groups is 1.